The first kappa shape index (κ1) is 19.3. The second-order valence-corrected chi connectivity index (χ2v) is 8.35. The van der Waals surface area contributed by atoms with Crippen LogP contribution in [0.25, 0.3) is 0 Å². The van der Waals surface area contributed by atoms with E-state index in [2.05, 4.69) is 27.0 Å². The van der Waals surface area contributed by atoms with E-state index in [1.165, 1.54) is 6.08 Å². The highest BCUT2D eigenvalue weighted by atomic mass is 28.4. The van der Waals surface area contributed by atoms with Gasteiger partial charge in [0, 0.05) is 19.1 Å². The predicted octanol–water partition coefficient (Wildman–Crippen LogP) is 4.16. The molecule has 0 fully saturated rings. The summed E-state index contributed by atoms with van der Waals surface area (Å²) < 4.78 is 17.3. The van der Waals surface area contributed by atoms with Crippen LogP contribution in [0, 0.1) is 0 Å². The summed E-state index contributed by atoms with van der Waals surface area (Å²) in [6, 6.07) is 0.905. The largest absolute Gasteiger partial charge is 0.434 e. The molecule has 0 aromatic heterocycles. The fraction of sp³-hybridized carbons (Fsp3) is 0.800. The Kier molecular flexibility index (Phi) is 10.7. The van der Waals surface area contributed by atoms with Crippen LogP contribution < -0.4 is 0 Å². The average Bonchev–Trinajstić information content (AvgIpc) is 2.39. The molecule has 0 bridgehead atoms. The van der Waals surface area contributed by atoms with Crippen molar-refractivity contribution in [2.24, 2.45) is 0 Å². The lowest BCUT2D eigenvalue weighted by Crippen LogP contribution is -2.43. The number of rotatable bonds is 12. The van der Waals surface area contributed by atoms with Crippen LogP contribution in [-0.4, -0.2) is 27.4 Å². The Bertz CT molecular complexity index is 283. The van der Waals surface area contributed by atoms with E-state index in [0.29, 0.717) is 13.0 Å². The lowest BCUT2D eigenvalue weighted by atomic mass is 10.3. The maximum atomic E-state index is 11.4. The van der Waals surface area contributed by atoms with E-state index in [1.54, 1.807) is 0 Å². The fourth-order valence-corrected chi connectivity index (χ4v) is 4.42. The average molecular weight is 302 g/mol. The number of ether oxygens (including phenoxy) is 1. The van der Waals surface area contributed by atoms with E-state index in [0.717, 1.165) is 31.7 Å². The quantitative estimate of drug-likeness (QED) is 0.178. The summed E-state index contributed by atoms with van der Waals surface area (Å²) in [4.78, 5) is 11.4. The van der Waals surface area contributed by atoms with Crippen molar-refractivity contribution >= 4 is 14.5 Å². The third kappa shape index (κ3) is 8.50. The molecular formula is C15H30O4Si. The summed E-state index contributed by atoms with van der Waals surface area (Å²) in [5.74, 6) is -0.440. The van der Waals surface area contributed by atoms with Crippen LogP contribution in [-0.2, 0) is 18.4 Å². The highest BCUT2D eigenvalue weighted by Crippen LogP contribution is 2.21. The SMILES string of the molecule is C=CC(=O)OC(CCC)O[Si](C)(CCC)OCCCC. The molecule has 0 saturated carbocycles. The fourth-order valence-electron chi connectivity index (χ4n) is 1.88. The number of carbonyl (C=O) groups excluding carboxylic acids is 1. The molecule has 0 amide bonds. The molecule has 118 valence electrons. The molecule has 0 rings (SSSR count). The zero-order valence-corrected chi connectivity index (χ0v) is 14.4. The van der Waals surface area contributed by atoms with Crippen molar-refractivity contribution in [3.63, 3.8) is 0 Å². The maximum absolute atomic E-state index is 11.4. The molecule has 0 aliphatic carbocycles. The van der Waals surface area contributed by atoms with Gasteiger partial charge in [0.1, 0.15) is 0 Å². The van der Waals surface area contributed by atoms with Crippen molar-refractivity contribution in [2.45, 2.75) is 71.8 Å². The smallest absolute Gasteiger partial charge is 0.337 e. The van der Waals surface area contributed by atoms with Crippen molar-refractivity contribution in [2.75, 3.05) is 6.61 Å². The summed E-state index contributed by atoms with van der Waals surface area (Å²) in [6.07, 6.45) is 5.35. The maximum Gasteiger partial charge on any atom is 0.337 e. The molecule has 20 heavy (non-hydrogen) atoms. The highest BCUT2D eigenvalue weighted by Gasteiger charge is 2.34. The van der Waals surface area contributed by atoms with Gasteiger partial charge in [-0.15, -0.1) is 0 Å². The summed E-state index contributed by atoms with van der Waals surface area (Å²) in [6.45, 7) is 12.5. The summed E-state index contributed by atoms with van der Waals surface area (Å²) in [7, 11) is -2.28. The molecule has 2 unspecified atom stereocenters. The molecule has 0 heterocycles. The van der Waals surface area contributed by atoms with Gasteiger partial charge in [-0.05, 0) is 19.0 Å². The van der Waals surface area contributed by atoms with Crippen molar-refractivity contribution < 1.29 is 18.4 Å². The van der Waals surface area contributed by atoms with Crippen LogP contribution in [0.5, 0.6) is 0 Å². The first-order valence-electron chi connectivity index (χ1n) is 7.66. The van der Waals surface area contributed by atoms with Crippen molar-refractivity contribution in [1.29, 1.82) is 0 Å². The van der Waals surface area contributed by atoms with Gasteiger partial charge in [0.05, 0.1) is 0 Å². The van der Waals surface area contributed by atoms with Gasteiger partial charge in [0.25, 0.3) is 0 Å². The Hall–Kier alpha value is -0.653. The predicted molar refractivity (Wildman–Crippen MR) is 83.6 cm³/mol. The molecule has 0 aromatic rings. The minimum atomic E-state index is -2.28. The van der Waals surface area contributed by atoms with Gasteiger partial charge >= 0.3 is 14.5 Å². The van der Waals surface area contributed by atoms with E-state index in [4.69, 9.17) is 13.6 Å². The van der Waals surface area contributed by atoms with Gasteiger partial charge in [0.15, 0.2) is 6.29 Å². The van der Waals surface area contributed by atoms with Gasteiger partial charge in [-0.2, -0.15) is 0 Å². The minimum absolute atomic E-state index is 0.440. The third-order valence-electron chi connectivity index (χ3n) is 2.93. The van der Waals surface area contributed by atoms with E-state index >= 15 is 0 Å². The van der Waals surface area contributed by atoms with Gasteiger partial charge in [-0.25, -0.2) is 4.79 Å². The molecule has 0 N–H and O–H groups in total. The Morgan fingerprint density at radius 3 is 2.45 bits per heavy atom. The highest BCUT2D eigenvalue weighted by molar-refractivity contribution is 6.66. The van der Waals surface area contributed by atoms with Crippen molar-refractivity contribution in [1.82, 2.24) is 0 Å². The number of hydrogen-bond donors (Lipinski definition) is 0. The normalized spacial score (nSPS) is 15.4. The van der Waals surface area contributed by atoms with Crippen LogP contribution >= 0.6 is 0 Å². The lowest BCUT2D eigenvalue weighted by Gasteiger charge is -2.31. The van der Waals surface area contributed by atoms with Crippen LogP contribution in [0.1, 0.15) is 52.9 Å². The molecule has 0 saturated heterocycles. The Morgan fingerprint density at radius 2 is 1.95 bits per heavy atom. The monoisotopic (exact) mass is 302 g/mol. The zero-order valence-electron chi connectivity index (χ0n) is 13.4. The summed E-state index contributed by atoms with van der Waals surface area (Å²) in [5, 5.41) is 0. The minimum Gasteiger partial charge on any atom is -0.434 e. The molecule has 2 atom stereocenters. The Labute approximate surface area is 124 Å². The van der Waals surface area contributed by atoms with Crippen LogP contribution in [0.2, 0.25) is 12.6 Å². The molecule has 0 aliphatic heterocycles. The van der Waals surface area contributed by atoms with Crippen LogP contribution in [0.15, 0.2) is 12.7 Å². The van der Waals surface area contributed by atoms with Gasteiger partial charge < -0.3 is 13.6 Å². The number of esters is 1. The van der Waals surface area contributed by atoms with Gasteiger partial charge in [0.2, 0.25) is 0 Å². The standard InChI is InChI=1S/C15H30O4Si/c1-6-10-12-17-20(5,13-8-3)19-15(11-7-2)18-14(16)9-4/h9,15H,4,6-8,10-13H2,1-3,5H3. The van der Waals surface area contributed by atoms with E-state index in [9.17, 15) is 4.79 Å². The molecule has 0 aliphatic rings. The third-order valence-corrected chi connectivity index (χ3v) is 5.91. The summed E-state index contributed by atoms with van der Waals surface area (Å²) >= 11 is 0. The number of carbonyl (C=O) groups is 1. The molecule has 0 spiro atoms. The van der Waals surface area contributed by atoms with Crippen molar-refractivity contribution in [3.05, 3.63) is 12.7 Å². The second kappa shape index (κ2) is 11.1. The Morgan fingerprint density at radius 1 is 1.25 bits per heavy atom. The van der Waals surface area contributed by atoms with Crippen molar-refractivity contribution in [3.8, 4) is 0 Å². The topological polar surface area (TPSA) is 44.8 Å². The first-order valence-corrected chi connectivity index (χ1v) is 10.2. The molecular weight excluding hydrogens is 272 g/mol. The van der Waals surface area contributed by atoms with E-state index in [-0.39, 0.29) is 0 Å². The molecule has 0 aromatic carbocycles. The number of hydrogen-bond acceptors (Lipinski definition) is 4. The van der Waals surface area contributed by atoms with E-state index in [1.807, 2.05) is 6.92 Å². The zero-order chi connectivity index (χ0) is 15.4. The molecule has 5 heteroatoms. The Balaban J connectivity index is 4.60. The van der Waals surface area contributed by atoms with Gasteiger partial charge in [-0.1, -0.05) is 46.6 Å². The lowest BCUT2D eigenvalue weighted by molar-refractivity contribution is -0.161. The second-order valence-electron chi connectivity index (χ2n) is 5.06. The first-order chi connectivity index (χ1) is 9.51. The molecule has 0 radical (unpaired) electrons. The van der Waals surface area contributed by atoms with Crippen LogP contribution in [0.3, 0.4) is 0 Å². The number of unbranched alkanes of at least 4 members (excludes halogenated alkanes) is 1. The van der Waals surface area contributed by atoms with Gasteiger partial charge in [-0.3, -0.25) is 0 Å². The summed E-state index contributed by atoms with van der Waals surface area (Å²) in [5.41, 5.74) is 0. The van der Waals surface area contributed by atoms with E-state index < -0.39 is 20.8 Å². The molecule has 4 nitrogen and oxygen atoms in total. The van der Waals surface area contributed by atoms with Crippen LogP contribution in [0.4, 0.5) is 0 Å².